The topological polar surface area (TPSA) is 27.7 Å². The minimum atomic E-state index is -3.08. The van der Waals surface area contributed by atoms with Crippen LogP contribution in [-0.2, 0) is 8.85 Å². The second-order valence-electron chi connectivity index (χ2n) is 29.8. The van der Waals surface area contributed by atoms with Crippen molar-refractivity contribution in [2.45, 2.75) is 215 Å². The minimum Gasteiger partial charge on any atom is -0.603 e. The molecule has 0 saturated carbocycles. The van der Waals surface area contributed by atoms with Gasteiger partial charge in [0.2, 0.25) is 8.17 Å². The van der Waals surface area contributed by atoms with Gasteiger partial charge < -0.3 is 13.6 Å². The van der Waals surface area contributed by atoms with Crippen molar-refractivity contribution in [2.24, 2.45) is 0 Å². The van der Waals surface area contributed by atoms with E-state index >= 15 is 0 Å². The molecule has 3 nitrogen and oxygen atoms in total. The Morgan fingerprint density at radius 2 is 0.828 bits per heavy atom. The van der Waals surface area contributed by atoms with E-state index in [1.165, 1.54) is 5.56 Å². The molecule has 0 aliphatic carbocycles. The highest BCUT2D eigenvalue weighted by molar-refractivity contribution is 7.60. The van der Waals surface area contributed by atoms with Gasteiger partial charge in [-0.2, -0.15) is 0 Å². The normalized spacial score (nSPS) is 19.2. The molecule has 1 atom stereocenters. The highest BCUT2D eigenvalue weighted by Gasteiger charge is 2.78. The van der Waals surface area contributed by atoms with Crippen molar-refractivity contribution in [3.8, 4) is 5.75 Å². The molecule has 1 aromatic carbocycles. The summed E-state index contributed by atoms with van der Waals surface area (Å²) in [7, 11) is -20.9. The van der Waals surface area contributed by atoms with Crippen molar-refractivity contribution >= 4 is 101 Å². The van der Waals surface area contributed by atoms with E-state index in [1.807, 2.05) is 14.2 Å². The molecule has 1 aromatic rings. The van der Waals surface area contributed by atoms with Crippen molar-refractivity contribution < 1.29 is 13.6 Å². The van der Waals surface area contributed by atoms with Crippen LogP contribution in [0.4, 0.5) is 0 Å². The van der Waals surface area contributed by atoms with Crippen LogP contribution in [0.3, 0.4) is 0 Å². The summed E-state index contributed by atoms with van der Waals surface area (Å²) >= 11 is 0. The Kier molecular flexibility index (Phi) is 17.5. The zero-order valence-corrected chi connectivity index (χ0v) is 59.8. The van der Waals surface area contributed by atoms with Crippen molar-refractivity contribution in [2.75, 3.05) is 14.2 Å². The summed E-state index contributed by atoms with van der Waals surface area (Å²) in [6.45, 7) is 78.8. The van der Waals surface area contributed by atoms with E-state index in [-0.39, 0.29) is 0 Å². The Hall–Kier alpha value is 0.313. The first-order valence-electron chi connectivity index (χ1n) is 25.1. The van der Waals surface area contributed by atoms with Crippen LogP contribution in [0.2, 0.25) is 187 Å². The summed E-state index contributed by atoms with van der Waals surface area (Å²) in [4.78, 5) is 3.24. The number of allylic oxidation sites excluding steroid dienone is 4. The monoisotopic (exact) mass is 1080 g/mol. The Morgan fingerprint density at radius 3 is 1.11 bits per heavy atom. The maximum absolute atomic E-state index is 9.72. The first-order chi connectivity index (χ1) is 28.4. The Labute approximate surface area is 411 Å². The maximum Gasteiger partial charge on any atom is 0.272 e. The van der Waals surface area contributed by atoms with E-state index in [1.54, 1.807) is 10.4 Å². The van der Waals surface area contributed by atoms with Crippen LogP contribution in [0.1, 0.15) is 33.3 Å². The molecule has 1 unspecified atom stereocenters. The van der Waals surface area contributed by atoms with Crippen LogP contribution in [0.15, 0.2) is 59.1 Å². The lowest BCUT2D eigenvalue weighted by atomic mass is 10.1. The van der Waals surface area contributed by atoms with E-state index in [9.17, 15) is 4.12 Å². The maximum atomic E-state index is 9.72. The third-order valence-electron chi connectivity index (χ3n) is 15.5. The third kappa shape index (κ3) is 10.8. The third-order valence-corrected chi connectivity index (χ3v) is 121. The molecule has 3 rings (SSSR count). The van der Waals surface area contributed by atoms with Gasteiger partial charge in [-0.05, 0) is 51.3 Å². The van der Waals surface area contributed by atoms with Gasteiger partial charge in [-0.15, -0.1) is 0 Å². The Morgan fingerprint density at radius 1 is 0.469 bits per heavy atom. The van der Waals surface area contributed by atoms with Gasteiger partial charge in [0.15, 0.2) is 0 Å². The van der Waals surface area contributed by atoms with Gasteiger partial charge in [0.25, 0.3) is 7.83 Å². The number of hydrogen-bond acceptors (Lipinski definition) is 3. The quantitative estimate of drug-likeness (QED) is 0.129. The number of fused-ring (bicyclic) bond motifs is 1. The lowest BCUT2D eigenvalue weighted by Gasteiger charge is -2.66. The van der Waals surface area contributed by atoms with E-state index in [0.29, 0.717) is 11.1 Å². The van der Waals surface area contributed by atoms with Crippen molar-refractivity contribution in [1.29, 1.82) is 0 Å². The zero-order chi connectivity index (χ0) is 50.2. The lowest BCUT2D eigenvalue weighted by Crippen LogP contribution is -2.82. The average molecular weight is 1080 g/mol. The van der Waals surface area contributed by atoms with Gasteiger partial charge in [0.05, 0.1) is 14.2 Å². The highest BCUT2D eigenvalue weighted by atomic mass is 29.3. The SMILES string of the molecule is COC1=CC=C2C(c3ccc(OC)cc3)=[Si]([Si](C(C)C)(C([Si](C)(C)C)[Si](C)(C)C)C([Si](C)(C)C)[Si](C)(C)C)O[Si]2([Si](C(C)C)(C([Si](C)(C)C)[Si](C)(C)C)C([Si](C)(C)C)[Si](C)(C)C)C=C1. The fourth-order valence-corrected chi connectivity index (χ4v) is 199. The smallest absolute Gasteiger partial charge is 0.272 e. The van der Waals surface area contributed by atoms with Crippen LogP contribution in [-0.4, -0.2) is 115 Å². The summed E-state index contributed by atoms with van der Waals surface area (Å²) in [5.41, 5.74) is 5.58. The molecule has 64 heavy (non-hydrogen) atoms. The Bertz CT molecular complexity index is 1810. The van der Waals surface area contributed by atoms with Crippen LogP contribution < -0.4 is 4.74 Å². The number of rotatable bonds is 19. The predicted octanol–water partition coefficient (Wildman–Crippen LogP) is 16.2. The molecule has 0 aromatic heterocycles. The molecular formula is C49H104O3Si12. The Balaban J connectivity index is 3.19. The van der Waals surface area contributed by atoms with Gasteiger partial charge >= 0.3 is 0 Å². The van der Waals surface area contributed by atoms with Crippen LogP contribution in [0.25, 0.3) is 0 Å². The summed E-state index contributed by atoms with van der Waals surface area (Å²) in [5, 5.41) is 3.44. The molecule has 0 spiro atoms. The summed E-state index contributed by atoms with van der Waals surface area (Å²) in [6.07, 6.45) is 7.63. The lowest BCUT2D eigenvalue weighted by molar-refractivity contribution is 0.307. The molecule has 0 amide bonds. The molecule has 2 aliphatic heterocycles. The molecule has 2 aliphatic rings. The van der Waals surface area contributed by atoms with Gasteiger partial charge in [0.1, 0.15) is 26.7 Å². The van der Waals surface area contributed by atoms with Gasteiger partial charge in [-0.1, -0.05) is 228 Å². The summed E-state index contributed by atoms with van der Waals surface area (Å²) in [5.74, 6) is 1.95. The van der Waals surface area contributed by atoms with Crippen molar-refractivity contribution in [3.63, 3.8) is 0 Å². The summed E-state index contributed by atoms with van der Waals surface area (Å²) in [6, 6.07) is 9.59. The van der Waals surface area contributed by atoms with Gasteiger partial charge in [-0.25, -0.2) is 0 Å². The number of ether oxygens (including phenoxy) is 2. The molecule has 0 N–H and O–H groups in total. The largest absolute Gasteiger partial charge is 0.603 e. The second-order valence-corrected chi connectivity index (χ2v) is 101. The number of benzene rings is 1. The highest BCUT2D eigenvalue weighted by Crippen LogP contribution is 2.65. The fraction of sp³-hybridized carbons (Fsp3) is 0.735. The van der Waals surface area contributed by atoms with Crippen molar-refractivity contribution in [1.82, 2.24) is 0 Å². The molecule has 0 saturated heterocycles. The molecule has 366 valence electrons. The second kappa shape index (κ2) is 19.1. The molecule has 2 heterocycles. The molecule has 0 bridgehead atoms. The fourth-order valence-electron chi connectivity index (χ4n) is 17.3. The van der Waals surface area contributed by atoms with Crippen molar-refractivity contribution in [3.05, 3.63) is 64.7 Å². The first-order valence-corrected chi connectivity index (χ1v) is 63.6. The van der Waals surface area contributed by atoms with E-state index in [0.717, 1.165) is 30.7 Å². The van der Waals surface area contributed by atoms with Gasteiger partial charge in [0, 0.05) is 64.6 Å². The zero-order valence-electron chi connectivity index (χ0n) is 47.8. The summed E-state index contributed by atoms with van der Waals surface area (Å²) < 4.78 is 22.1. The van der Waals surface area contributed by atoms with E-state index in [2.05, 4.69) is 233 Å². The number of hydrogen-bond donors (Lipinski definition) is 0. The number of methoxy groups -OCH3 is 2. The first kappa shape index (κ1) is 58.6. The standard InChI is InChI=1S/C49H104O3Si12/c1-39(2)63(46(54(7,8)9)55(10,11)12,47(56(13,14)15)57(16,17)18)53-45(41-31-33-42(50-5)34-32-41)44-36-35-43(51-6)37-38-62(44,52-53)64(40(3)4,48(58(19,20)21)59(22,23)24)49(60(25,26)27)61(28,29)30/h31-40,46-49H,1-30H3. The predicted molar refractivity (Wildman–Crippen MR) is 325 cm³/mol. The van der Waals surface area contributed by atoms with E-state index in [4.69, 9.17) is 9.47 Å². The minimum absolute atomic E-state index is 0.589. The van der Waals surface area contributed by atoms with Crippen LogP contribution in [0.5, 0.6) is 5.75 Å². The molecule has 0 fully saturated rings. The average Bonchev–Trinajstić information content (AvgIpc) is 3.26. The molecule has 15 heteroatoms. The molecule has 0 radical (unpaired) electrons. The molecular weight excluding hydrogens is 974 g/mol. The van der Waals surface area contributed by atoms with Crippen LogP contribution in [0, 0.1) is 0 Å². The van der Waals surface area contributed by atoms with Gasteiger partial charge in [-0.3, -0.25) is 0 Å². The van der Waals surface area contributed by atoms with Crippen LogP contribution >= 0.6 is 0 Å². The van der Waals surface area contributed by atoms with E-state index < -0.39 is 95.8 Å².